The van der Waals surface area contributed by atoms with Gasteiger partial charge in [0.1, 0.15) is 17.9 Å². The maximum Gasteiger partial charge on any atom is 0.196 e. The zero-order chi connectivity index (χ0) is 16.9. The lowest BCUT2D eigenvalue weighted by molar-refractivity contribution is 0.101. The fourth-order valence-electron chi connectivity index (χ4n) is 2.22. The molecule has 24 heavy (non-hydrogen) atoms. The highest BCUT2D eigenvalue weighted by atomic mass is 32.2. The molecule has 0 aliphatic carbocycles. The Morgan fingerprint density at radius 3 is 2.75 bits per heavy atom. The van der Waals surface area contributed by atoms with Crippen LogP contribution in [0.25, 0.3) is 5.69 Å². The van der Waals surface area contributed by atoms with Gasteiger partial charge in [0.05, 0.1) is 24.1 Å². The number of ether oxygens (including phenoxy) is 1. The predicted molar refractivity (Wildman–Crippen MR) is 89.4 cm³/mol. The number of para-hydroxylation sites is 2. The number of aromatic nitrogens is 3. The van der Waals surface area contributed by atoms with Crippen molar-refractivity contribution >= 4 is 17.5 Å². The number of hydrogen-bond acceptors (Lipinski definition) is 5. The molecular formula is C17H14FN3O2S. The van der Waals surface area contributed by atoms with Gasteiger partial charge in [-0.1, -0.05) is 36.0 Å². The minimum absolute atomic E-state index is 0.0967. The molecule has 2 aromatic carbocycles. The number of ketones is 1. The molecule has 5 nitrogen and oxygen atoms in total. The summed E-state index contributed by atoms with van der Waals surface area (Å²) in [7, 11) is 1.52. The summed E-state index contributed by atoms with van der Waals surface area (Å²) in [6.45, 7) is 0. The van der Waals surface area contributed by atoms with Gasteiger partial charge in [-0.2, -0.15) is 0 Å². The largest absolute Gasteiger partial charge is 0.496 e. The Morgan fingerprint density at radius 2 is 1.96 bits per heavy atom. The number of carbonyl (C=O) groups is 1. The molecule has 3 aromatic rings. The number of methoxy groups -OCH3 is 1. The summed E-state index contributed by atoms with van der Waals surface area (Å²) in [4.78, 5) is 12.4. The SMILES string of the molecule is COc1ccccc1C(=O)CSc1nncn1-c1ccccc1F. The monoisotopic (exact) mass is 343 g/mol. The smallest absolute Gasteiger partial charge is 0.196 e. The van der Waals surface area contributed by atoms with E-state index in [1.807, 2.05) is 0 Å². The van der Waals surface area contributed by atoms with Gasteiger partial charge in [0, 0.05) is 0 Å². The van der Waals surface area contributed by atoms with Crippen LogP contribution in [0.4, 0.5) is 4.39 Å². The Bertz CT molecular complexity index is 866. The van der Waals surface area contributed by atoms with Crippen molar-refractivity contribution in [3.05, 3.63) is 66.2 Å². The maximum absolute atomic E-state index is 13.9. The Morgan fingerprint density at radius 1 is 1.21 bits per heavy atom. The maximum atomic E-state index is 13.9. The third kappa shape index (κ3) is 3.30. The summed E-state index contributed by atoms with van der Waals surface area (Å²) >= 11 is 1.20. The van der Waals surface area contributed by atoms with Crippen LogP contribution in [0, 0.1) is 5.82 Å². The highest BCUT2D eigenvalue weighted by Crippen LogP contribution is 2.24. The number of nitrogens with zero attached hydrogens (tertiary/aromatic N) is 3. The summed E-state index contributed by atoms with van der Waals surface area (Å²) < 4.78 is 20.6. The fourth-order valence-corrected chi connectivity index (χ4v) is 3.02. The van der Waals surface area contributed by atoms with E-state index in [-0.39, 0.29) is 17.4 Å². The van der Waals surface area contributed by atoms with Gasteiger partial charge in [-0.15, -0.1) is 10.2 Å². The van der Waals surface area contributed by atoms with Crippen LogP contribution in [0.15, 0.2) is 60.0 Å². The molecule has 1 aromatic heterocycles. The van der Waals surface area contributed by atoms with Crippen molar-refractivity contribution in [1.29, 1.82) is 0 Å². The first-order valence-electron chi connectivity index (χ1n) is 7.14. The van der Waals surface area contributed by atoms with Crippen LogP contribution in [-0.2, 0) is 0 Å². The lowest BCUT2D eigenvalue weighted by atomic mass is 10.1. The van der Waals surface area contributed by atoms with Gasteiger partial charge in [0.2, 0.25) is 0 Å². The molecule has 0 saturated carbocycles. The first kappa shape index (κ1) is 16.2. The van der Waals surface area contributed by atoms with E-state index >= 15 is 0 Å². The first-order chi connectivity index (χ1) is 11.7. The molecule has 3 rings (SSSR count). The zero-order valence-corrected chi connectivity index (χ0v) is 13.7. The second-order valence-electron chi connectivity index (χ2n) is 4.85. The number of halogens is 1. The number of thioether (sulfide) groups is 1. The summed E-state index contributed by atoms with van der Waals surface area (Å²) in [6.07, 6.45) is 1.42. The molecule has 0 bridgehead atoms. The molecule has 0 saturated heterocycles. The summed E-state index contributed by atoms with van der Waals surface area (Å²) in [5.41, 5.74) is 0.846. The molecule has 7 heteroatoms. The van der Waals surface area contributed by atoms with E-state index in [0.29, 0.717) is 22.2 Å². The van der Waals surface area contributed by atoms with Crippen molar-refractivity contribution < 1.29 is 13.9 Å². The molecular weight excluding hydrogens is 329 g/mol. The molecule has 0 radical (unpaired) electrons. The minimum Gasteiger partial charge on any atom is -0.496 e. The van der Waals surface area contributed by atoms with Crippen LogP contribution in [0.5, 0.6) is 5.75 Å². The van der Waals surface area contributed by atoms with Crippen molar-refractivity contribution in [3.63, 3.8) is 0 Å². The van der Waals surface area contributed by atoms with Gasteiger partial charge in [-0.05, 0) is 24.3 Å². The first-order valence-corrected chi connectivity index (χ1v) is 8.13. The molecule has 0 atom stereocenters. The van der Waals surface area contributed by atoms with Gasteiger partial charge in [-0.25, -0.2) is 4.39 Å². The molecule has 0 unspecified atom stereocenters. The van der Waals surface area contributed by atoms with Crippen molar-refractivity contribution in [1.82, 2.24) is 14.8 Å². The molecule has 0 aliphatic rings. The standard InChI is InChI=1S/C17H14FN3O2S/c1-23-16-9-5-2-6-12(16)15(22)10-24-17-20-19-11-21(17)14-8-4-3-7-13(14)18/h2-9,11H,10H2,1H3. The van der Waals surface area contributed by atoms with Crippen LogP contribution >= 0.6 is 11.8 Å². The van der Waals surface area contributed by atoms with E-state index in [2.05, 4.69) is 10.2 Å². The van der Waals surface area contributed by atoms with E-state index in [9.17, 15) is 9.18 Å². The third-order valence-corrected chi connectivity index (χ3v) is 4.31. The molecule has 0 N–H and O–H groups in total. The quantitative estimate of drug-likeness (QED) is 0.507. The number of hydrogen-bond donors (Lipinski definition) is 0. The van der Waals surface area contributed by atoms with Crippen molar-refractivity contribution in [2.75, 3.05) is 12.9 Å². The van der Waals surface area contributed by atoms with Crippen molar-refractivity contribution in [3.8, 4) is 11.4 Å². The number of rotatable bonds is 6. The van der Waals surface area contributed by atoms with Crippen LogP contribution in [0.3, 0.4) is 0 Å². The van der Waals surface area contributed by atoms with Gasteiger partial charge in [-0.3, -0.25) is 9.36 Å². The van der Waals surface area contributed by atoms with E-state index in [1.165, 1.54) is 35.8 Å². The summed E-state index contributed by atoms with van der Waals surface area (Å²) in [5, 5.41) is 8.23. The molecule has 0 aliphatic heterocycles. The number of carbonyl (C=O) groups excluding carboxylic acids is 1. The fraction of sp³-hybridized carbons (Fsp3) is 0.118. The highest BCUT2D eigenvalue weighted by Gasteiger charge is 2.15. The topological polar surface area (TPSA) is 57.0 Å². The average Bonchev–Trinajstić information content (AvgIpc) is 3.08. The lowest BCUT2D eigenvalue weighted by Gasteiger charge is -2.08. The Balaban J connectivity index is 1.78. The van der Waals surface area contributed by atoms with Gasteiger partial charge < -0.3 is 4.74 Å². The molecule has 0 fully saturated rings. The molecule has 1 heterocycles. The van der Waals surface area contributed by atoms with Crippen molar-refractivity contribution in [2.24, 2.45) is 0 Å². The van der Waals surface area contributed by atoms with Crippen LogP contribution in [0.1, 0.15) is 10.4 Å². The van der Waals surface area contributed by atoms with Crippen LogP contribution in [0.2, 0.25) is 0 Å². The highest BCUT2D eigenvalue weighted by molar-refractivity contribution is 7.99. The predicted octanol–water partition coefficient (Wildman–Crippen LogP) is 3.39. The lowest BCUT2D eigenvalue weighted by Crippen LogP contribution is -2.06. The third-order valence-electron chi connectivity index (χ3n) is 3.37. The van der Waals surface area contributed by atoms with Crippen LogP contribution < -0.4 is 4.74 Å². The Hall–Kier alpha value is -2.67. The van der Waals surface area contributed by atoms with E-state index < -0.39 is 0 Å². The summed E-state index contributed by atoms with van der Waals surface area (Å²) in [6, 6.07) is 13.4. The second kappa shape index (κ2) is 7.27. The van der Waals surface area contributed by atoms with E-state index in [1.54, 1.807) is 42.5 Å². The average molecular weight is 343 g/mol. The van der Waals surface area contributed by atoms with Crippen LogP contribution in [-0.4, -0.2) is 33.4 Å². The van der Waals surface area contributed by atoms with Gasteiger partial charge >= 0.3 is 0 Å². The molecule has 0 amide bonds. The molecule has 122 valence electrons. The minimum atomic E-state index is -0.379. The Labute approximate surface area is 142 Å². The van der Waals surface area contributed by atoms with E-state index in [0.717, 1.165) is 0 Å². The number of Topliss-reactive ketones (excluding diaryl/α,β-unsaturated/α-hetero) is 1. The Kier molecular flexibility index (Phi) is 4.90. The second-order valence-corrected chi connectivity index (χ2v) is 5.79. The van der Waals surface area contributed by atoms with Gasteiger partial charge in [0.15, 0.2) is 10.9 Å². The van der Waals surface area contributed by atoms with Gasteiger partial charge in [0.25, 0.3) is 0 Å². The number of benzene rings is 2. The van der Waals surface area contributed by atoms with E-state index in [4.69, 9.17) is 4.74 Å². The normalized spacial score (nSPS) is 10.6. The summed E-state index contributed by atoms with van der Waals surface area (Å²) in [5.74, 6) is 0.197. The molecule has 0 spiro atoms. The zero-order valence-electron chi connectivity index (χ0n) is 12.8. The van der Waals surface area contributed by atoms with Crippen molar-refractivity contribution in [2.45, 2.75) is 5.16 Å².